The predicted molar refractivity (Wildman–Crippen MR) is 63.4 cm³/mol. The Morgan fingerprint density at radius 3 is 2.82 bits per heavy atom. The first-order valence-electron chi connectivity index (χ1n) is 4.82. The van der Waals surface area contributed by atoms with Crippen LogP contribution in [0.25, 0.3) is 0 Å². The number of hydrogen-bond donors (Lipinski definition) is 1. The summed E-state index contributed by atoms with van der Waals surface area (Å²) in [6.07, 6.45) is 1.50. The van der Waals surface area contributed by atoms with Gasteiger partial charge in [-0.2, -0.15) is 0 Å². The Bertz CT molecular complexity index is 456. The van der Waals surface area contributed by atoms with Gasteiger partial charge in [-0.15, -0.1) is 0 Å². The third-order valence-corrected chi connectivity index (χ3v) is 2.86. The molecule has 0 saturated heterocycles. The van der Waals surface area contributed by atoms with E-state index in [0.717, 1.165) is 5.41 Å². The largest absolute Gasteiger partial charge is 0.491 e. The van der Waals surface area contributed by atoms with Crippen LogP contribution in [-0.2, 0) is 10.0 Å². The highest BCUT2D eigenvalue weighted by atomic mass is 32.2. The number of ether oxygens (including phenoxy) is 2. The highest BCUT2D eigenvalue weighted by Crippen LogP contribution is 2.12. The fourth-order valence-corrected chi connectivity index (χ4v) is 1.47. The zero-order chi connectivity index (χ0) is 12.7. The van der Waals surface area contributed by atoms with E-state index in [-0.39, 0.29) is 13.2 Å². The second kappa shape index (κ2) is 6.21. The van der Waals surface area contributed by atoms with Crippen LogP contribution in [0.2, 0.25) is 0 Å². The van der Waals surface area contributed by atoms with Crippen LogP contribution in [0, 0.1) is 0 Å². The molecule has 1 N–H and O–H groups in total. The lowest BCUT2D eigenvalue weighted by Gasteiger charge is -2.06. The number of aromatic nitrogens is 1. The highest BCUT2D eigenvalue weighted by molar-refractivity contribution is 7.92. The van der Waals surface area contributed by atoms with Gasteiger partial charge in [0.2, 0.25) is 15.9 Å². The van der Waals surface area contributed by atoms with Gasteiger partial charge in [0.05, 0.1) is 13.3 Å². The summed E-state index contributed by atoms with van der Waals surface area (Å²) in [4.78, 5) is 3.94. The van der Waals surface area contributed by atoms with Gasteiger partial charge in [0.15, 0.2) is 0 Å². The molecule has 1 heterocycles. The maximum Gasteiger partial charge on any atom is 0.233 e. The number of nitrogens with zero attached hydrogens (tertiary/aromatic N) is 1. The van der Waals surface area contributed by atoms with Crippen molar-refractivity contribution in [1.29, 1.82) is 0 Å². The highest BCUT2D eigenvalue weighted by Gasteiger charge is 2.02. The van der Waals surface area contributed by atoms with Crippen molar-refractivity contribution in [2.24, 2.45) is 0 Å². The van der Waals surface area contributed by atoms with Crippen molar-refractivity contribution >= 4 is 10.0 Å². The minimum Gasteiger partial charge on any atom is -0.491 e. The van der Waals surface area contributed by atoms with E-state index in [2.05, 4.69) is 16.3 Å². The van der Waals surface area contributed by atoms with Crippen LogP contribution in [0.15, 0.2) is 30.3 Å². The zero-order valence-electron chi connectivity index (χ0n) is 9.42. The number of nitrogens with one attached hydrogen (secondary N) is 1. The molecule has 0 saturated carbocycles. The lowest BCUT2D eigenvalue weighted by molar-refractivity contribution is 0.319. The van der Waals surface area contributed by atoms with Gasteiger partial charge in [0.1, 0.15) is 12.4 Å². The molecule has 0 spiro atoms. The molecule has 0 aliphatic rings. The molecule has 0 radical (unpaired) electrons. The summed E-state index contributed by atoms with van der Waals surface area (Å²) in [5.74, 6) is 1.04. The Morgan fingerprint density at radius 1 is 1.53 bits per heavy atom. The predicted octanol–water partition coefficient (Wildman–Crippen LogP) is 0.532. The zero-order valence-corrected chi connectivity index (χ0v) is 10.2. The first-order valence-corrected chi connectivity index (χ1v) is 6.37. The Balaban J connectivity index is 2.33. The molecule has 0 atom stereocenters. The van der Waals surface area contributed by atoms with E-state index < -0.39 is 10.0 Å². The molecule has 0 bridgehead atoms. The third-order valence-electron chi connectivity index (χ3n) is 1.81. The Kier molecular flexibility index (Phi) is 4.92. The normalized spacial score (nSPS) is 10.9. The van der Waals surface area contributed by atoms with E-state index in [4.69, 9.17) is 9.47 Å². The summed E-state index contributed by atoms with van der Waals surface area (Å²) in [6, 6.07) is 3.34. The molecule has 1 aromatic heterocycles. The van der Waals surface area contributed by atoms with Crippen LogP contribution >= 0.6 is 0 Å². The van der Waals surface area contributed by atoms with Crippen molar-refractivity contribution in [3.63, 3.8) is 0 Å². The molecule has 94 valence electrons. The molecule has 0 aromatic carbocycles. The summed E-state index contributed by atoms with van der Waals surface area (Å²) >= 11 is 0. The minimum atomic E-state index is -3.39. The molecule has 1 rings (SSSR count). The van der Waals surface area contributed by atoms with Gasteiger partial charge in [-0.05, 0) is 6.07 Å². The van der Waals surface area contributed by atoms with Gasteiger partial charge in [-0.3, -0.25) is 0 Å². The number of pyridine rings is 1. The standard InChI is InChI=1S/C10H14N2O4S/c1-3-17(13,14)12-6-7-16-9-4-5-10(15-2)11-8-9/h3-5,8,12H,1,6-7H2,2H3. The van der Waals surface area contributed by atoms with Gasteiger partial charge in [-0.1, -0.05) is 6.58 Å². The van der Waals surface area contributed by atoms with Crippen molar-refractivity contribution in [2.45, 2.75) is 0 Å². The van der Waals surface area contributed by atoms with Gasteiger partial charge >= 0.3 is 0 Å². The molecule has 0 amide bonds. The third kappa shape index (κ3) is 4.83. The SMILES string of the molecule is C=CS(=O)(=O)NCCOc1ccc(OC)nc1. The fourth-order valence-electron chi connectivity index (χ4n) is 0.985. The van der Waals surface area contributed by atoms with E-state index in [9.17, 15) is 8.42 Å². The summed E-state index contributed by atoms with van der Waals surface area (Å²) < 4.78 is 34.4. The number of rotatable bonds is 7. The first kappa shape index (κ1) is 13.5. The molecule has 7 heteroatoms. The molecular formula is C10H14N2O4S. The maximum absolute atomic E-state index is 11.0. The van der Waals surface area contributed by atoms with Crippen LogP contribution in [0.3, 0.4) is 0 Å². The number of sulfonamides is 1. The van der Waals surface area contributed by atoms with E-state index in [1.54, 1.807) is 12.1 Å². The van der Waals surface area contributed by atoms with E-state index in [1.807, 2.05) is 0 Å². The molecule has 0 aliphatic heterocycles. The van der Waals surface area contributed by atoms with Crippen LogP contribution in [0.5, 0.6) is 11.6 Å². The Morgan fingerprint density at radius 2 is 2.29 bits per heavy atom. The number of hydrogen-bond acceptors (Lipinski definition) is 5. The molecule has 0 fully saturated rings. The second-order valence-electron chi connectivity index (χ2n) is 2.99. The average molecular weight is 258 g/mol. The smallest absolute Gasteiger partial charge is 0.233 e. The maximum atomic E-state index is 11.0. The van der Waals surface area contributed by atoms with Crippen molar-refractivity contribution < 1.29 is 17.9 Å². The minimum absolute atomic E-state index is 0.167. The Hall–Kier alpha value is -1.60. The lowest BCUT2D eigenvalue weighted by atomic mass is 10.4. The summed E-state index contributed by atoms with van der Waals surface area (Å²) in [6.45, 7) is 3.55. The van der Waals surface area contributed by atoms with Crippen molar-refractivity contribution in [3.05, 3.63) is 30.3 Å². The fraction of sp³-hybridized carbons (Fsp3) is 0.300. The van der Waals surface area contributed by atoms with Gasteiger partial charge in [-0.25, -0.2) is 18.1 Å². The van der Waals surface area contributed by atoms with Crippen molar-refractivity contribution in [3.8, 4) is 11.6 Å². The Labute approximate surface area is 100 Å². The quantitative estimate of drug-likeness (QED) is 0.722. The van der Waals surface area contributed by atoms with Crippen LogP contribution in [-0.4, -0.2) is 33.7 Å². The molecule has 0 unspecified atom stereocenters. The molecular weight excluding hydrogens is 244 g/mol. The monoisotopic (exact) mass is 258 g/mol. The molecule has 6 nitrogen and oxygen atoms in total. The summed E-state index contributed by atoms with van der Waals surface area (Å²) in [5.41, 5.74) is 0. The molecule has 17 heavy (non-hydrogen) atoms. The lowest BCUT2D eigenvalue weighted by Crippen LogP contribution is -2.26. The van der Waals surface area contributed by atoms with Crippen LogP contribution in [0.1, 0.15) is 0 Å². The second-order valence-corrected chi connectivity index (χ2v) is 4.70. The topological polar surface area (TPSA) is 77.5 Å². The van der Waals surface area contributed by atoms with Crippen LogP contribution < -0.4 is 14.2 Å². The average Bonchev–Trinajstić information content (AvgIpc) is 2.35. The van der Waals surface area contributed by atoms with E-state index >= 15 is 0 Å². The van der Waals surface area contributed by atoms with Gasteiger partial charge in [0.25, 0.3) is 0 Å². The van der Waals surface area contributed by atoms with Crippen LogP contribution in [0.4, 0.5) is 0 Å². The molecule has 0 aliphatic carbocycles. The van der Waals surface area contributed by atoms with E-state index in [0.29, 0.717) is 11.6 Å². The van der Waals surface area contributed by atoms with Crippen molar-refractivity contribution in [2.75, 3.05) is 20.3 Å². The van der Waals surface area contributed by atoms with Gasteiger partial charge in [0, 0.05) is 18.0 Å². The number of methoxy groups -OCH3 is 1. The summed E-state index contributed by atoms with van der Waals surface area (Å²) in [7, 11) is -1.87. The molecule has 1 aromatic rings. The summed E-state index contributed by atoms with van der Waals surface area (Å²) in [5, 5.41) is 0.849. The first-order chi connectivity index (χ1) is 8.07. The van der Waals surface area contributed by atoms with Gasteiger partial charge < -0.3 is 9.47 Å². The van der Waals surface area contributed by atoms with E-state index in [1.165, 1.54) is 13.3 Å². The van der Waals surface area contributed by atoms with Crippen molar-refractivity contribution in [1.82, 2.24) is 9.71 Å².